The van der Waals surface area contributed by atoms with Gasteiger partial charge in [0.1, 0.15) is 24.4 Å². The minimum Gasteiger partial charge on any atom is -0.491 e. The Kier molecular flexibility index (Phi) is 13.4. The number of ketones is 1. The van der Waals surface area contributed by atoms with Crippen LogP contribution in [0.4, 0.5) is 0 Å². The summed E-state index contributed by atoms with van der Waals surface area (Å²) in [6.07, 6.45) is 0.608. The van der Waals surface area contributed by atoms with E-state index in [1.807, 2.05) is 18.2 Å². The largest absolute Gasteiger partial charge is 0.491 e. The predicted molar refractivity (Wildman–Crippen MR) is 178 cm³/mol. The van der Waals surface area contributed by atoms with Gasteiger partial charge in [0.05, 0.1) is 25.3 Å². The van der Waals surface area contributed by atoms with Gasteiger partial charge in [-0.15, -0.1) is 0 Å². The summed E-state index contributed by atoms with van der Waals surface area (Å²) in [7, 11) is 0. The topological polar surface area (TPSA) is 210 Å². The third kappa shape index (κ3) is 10.3. The molecule has 2 aromatic carbocycles. The summed E-state index contributed by atoms with van der Waals surface area (Å²) in [5.41, 5.74) is 1.21. The smallest absolute Gasteiger partial charge is 0.330 e. The van der Waals surface area contributed by atoms with Crippen LogP contribution >= 0.6 is 0 Å². The van der Waals surface area contributed by atoms with Crippen molar-refractivity contribution in [3.8, 4) is 5.75 Å². The minimum atomic E-state index is -1.37. The molecular formula is C35H43N5O10. The number of aryl methyl sites for hydroxylation is 1. The molecule has 1 fully saturated rings. The molecule has 0 spiro atoms. The number of nitrogens with one attached hydrogen (secondary N) is 4. The number of hydrogen-bond donors (Lipinski definition) is 5. The van der Waals surface area contributed by atoms with Crippen molar-refractivity contribution < 1.29 is 48.1 Å². The number of rotatable bonds is 11. The lowest BCUT2D eigenvalue weighted by atomic mass is 10.0. The van der Waals surface area contributed by atoms with Gasteiger partial charge >= 0.3 is 5.97 Å². The van der Waals surface area contributed by atoms with E-state index in [4.69, 9.17) is 9.47 Å². The molecule has 5 amide bonds. The standard InChI is InChI=1S/C35H43N5O10/c1-3-8-26(31(43)33(45)36-19-29(42)39-30(35(47)48)23-10-5-4-6-11-23)38-32(44)27-18-25-20-40(27)34(46)21(2)37-28(41)14-13-22-9-7-12-24(17-22)49-15-16-50-25/h4-7,9-12,17,21,25-27,30H,3,8,13-16,18-20H2,1-2H3,(H,36,45)(H,37,41)(H,38,44)(H,39,42)(H,47,48)/t21-,25+,26?,27-,30-/m0/s1. The summed E-state index contributed by atoms with van der Waals surface area (Å²) >= 11 is 0. The number of nitrogens with zero attached hydrogens (tertiary/aromatic N) is 1. The lowest BCUT2D eigenvalue weighted by Crippen LogP contribution is -2.56. The summed E-state index contributed by atoms with van der Waals surface area (Å²) in [5, 5.41) is 19.3. The first-order valence-corrected chi connectivity index (χ1v) is 16.6. The molecule has 1 unspecified atom stereocenters. The lowest BCUT2D eigenvalue weighted by molar-refractivity contribution is -0.143. The van der Waals surface area contributed by atoms with Crippen LogP contribution in [0.5, 0.6) is 5.75 Å². The predicted octanol–water partition coefficient (Wildman–Crippen LogP) is 0.415. The number of carboxylic acid groups (broad SMARTS) is 1. The number of amides is 5. The van der Waals surface area contributed by atoms with Crippen LogP contribution in [0.25, 0.3) is 0 Å². The zero-order valence-corrected chi connectivity index (χ0v) is 28.0. The maximum Gasteiger partial charge on any atom is 0.330 e. The lowest BCUT2D eigenvalue weighted by Gasteiger charge is -2.28. The first kappa shape index (κ1) is 37.5. The summed E-state index contributed by atoms with van der Waals surface area (Å²) in [6.45, 7) is 3.04. The molecule has 2 aliphatic rings. The van der Waals surface area contributed by atoms with Gasteiger partial charge in [0.15, 0.2) is 6.04 Å². The molecule has 1 saturated heterocycles. The Morgan fingerprint density at radius 2 is 1.76 bits per heavy atom. The van der Waals surface area contributed by atoms with Crippen molar-refractivity contribution in [1.29, 1.82) is 0 Å². The normalized spacial score (nSPS) is 20.8. The Morgan fingerprint density at radius 3 is 2.48 bits per heavy atom. The molecule has 0 saturated carbocycles. The van der Waals surface area contributed by atoms with Gasteiger partial charge in [0.2, 0.25) is 29.4 Å². The van der Waals surface area contributed by atoms with Gasteiger partial charge in [0.25, 0.3) is 5.91 Å². The SMILES string of the molecule is CCCC(NC(=O)[C@@H]1C[C@@H]2CN1C(=O)[C@H](C)NC(=O)CCc1cccc(c1)OCCO2)C(=O)C(=O)NCC(=O)N[C@H](C(=O)O)c1ccccc1. The number of fused-ring (bicyclic) bond motifs is 4. The number of hydrogen-bond acceptors (Lipinski definition) is 9. The van der Waals surface area contributed by atoms with Crippen LogP contribution < -0.4 is 26.0 Å². The van der Waals surface area contributed by atoms with Gasteiger partial charge in [-0.05, 0) is 43.0 Å². The van der Waals surface area contributed by atoms with E-state index in [9.17, 15) is 38.7 Å². The number of aliphatic carboxylic acids is 1. The molecule has 0 aromatic heterocycles. The van der Waals surface area contributed by atoms with E-state index in [0.29, 0.717) is 24.2 Å². The number of Topliss-reactive ketones (excluding diaryl/α,β-unsaturated/α-hetero) is 1. The number of carbonyl (C=O) groups is 7. The summed E-state index contributed by atoms with van der Waals surface area (Å²) in [6, 6.07) is 10.7. The highest BCUT2D eigenvalue weighted by Gasteiger charge is 2.43. The Labute approximate surface area is 289 Å². The van der Waals surface area contributed by atoms with Gasteiger partial charge in [-0.1, -0.05) is 55.8 Å². The highest BCUT2D eigenvalue weighted by atomic mass is 16.5. The Bertz CT molecular complexity index is 1570. The highest BCUT2D eigenvalue weighted by molar-refractivity contribution is 6.38. The van der Waals surface area contributed by atoms with Crippen molar-refractivity contribution in [1.82, 2.24) is 26.2 Å². The van der Waals surface area contributed by atoms with Crippen LogP contribution in [0.2, 0.25) is 0 Å². The Balaban J connectivity index is 1.39. The van der Waals surface area contributed by atoms with Gasteiger partial charge in [-0.3, -0.25) is 28.8 Å². The second kappa shape index (κ2) is 17.9. The summed E-state index contributed by atoms with van der Waals surface area (Å²) < 4.78 is 11.8. The fourth-order valence-electron chi connectivity index (χ4n) is 5.83. The average Bonchev–Trinajstić information content (AvgIpc) is 3.54. The third-order valence-electron chi connectivity index (χ3n) is 8.37. The minimum absolute atomic E-state index is 0.0505. The Hall–Kier alpha value is -5.31. The van der Waals surface area contributed by atoms with Crippen LogP contribution in [0.1, 0.15) is 56.7 Å². The van der Waals surface area contributed by atoms with Gasteiger partial charge in [0, 0.05) is 19.4 Å². The second-order valence-corrected chi connectivity index (χ2v) is 12.2. The fourth-order valence-corrected chi connectivity index (χ4v) is 5.83. The molecule has 5 atom stereocenters. The summed E-state index contributed by atoms with van der Waals surface area (Å²) in [5.74, 6) is -5.22. The van der Waals surface area contributed by atoms with Crippen LogP contribution in [-0.4, -0.2) is 102 Å². The van der Waals surface area contributed by atoms with E-state index in [2.05, 4.69) is 21.3 Å². The van der Waals surface area contributed by atoms with Gasteiger partial charge in [-0.2, -0.15) is 0 Å². The number of carboxylic acids is 1. The van der Waals surface area contributed by atoms with Crippen molar-refractivity contribution in [2.24, 2.45) is 0 Å². The molecule has 4 bridgehead atoms. The first-order chi connectivity index (χ1) is 24.0. The molecule has 2 heterocycles. The van der Waals surface area contributed by atoms with Crippen LogP contribution in [0, 0.1) is 0 Å². The van der Waals surface area contributed by atoms with Crippen LogP contribution in [0.3, 0.4) is 0 Å². The maximum atomic E-state index is 13.7. The molecule has 2 aliphatic heterocycles. The number of benzene rings is 2. The monoisotopic (exact) mass is 693 g/mol. The number of carbonyl (C=O) groups excluding carboxylic acids is 6. The van der Waals surface area contributed by atoms with Crippen LogP contribution in [-0.2, 0) is 44.7 Å². The molecule has 0 aliphatic carbocycles. The highest BCUT2D eigenvalue weighted by Crippen LogP contribution is 2.23. The fraction of sp³-hybridized carbons (Fsp3) is 0.457. The average molecular weight is 694 g/mol. The Morgan fingerprint density at radius 1 is 1.00 bits per heavy atom. The molecule has 2 aromatic rings. The molecule has 268 valence electrons. The second-order valence-electron chi connectivity index (χ2n) is 12.2. The molecule has 50 heavy (non-hydrogen) atoms. The third-order valence-corrected chi connectivity index (χ3v) is 8.37. The van der Waals surface area contributed by atoms with E-state index in [-0.39, 0.29) is 44.9 Å². The van der Waals surface area contributed by atoms with E-state index >= 15 is 0 Å². The molecule has 15 heteroatoms. The van der Waals surface area contributed by atoms with E-state index in [1.54, 1.807) is 31.2 Å². The molecule has 15 nitrogen and oxygen atoms in total. The van der Waals surface area contributed by atoms with Crippen molar-refractivity contribution in [3.05, 3.63) is 65.7 Å². The quantitative estimate of drug-likeness (QED) is 0.205. The van der Waals surface area contributed by atoms with Crippen molar-refractivity contribution >= 4 is 41.3 Å². The molecule has 0 radical (unpaired) electrons. The van der Waals surface area contributed by atoms with E-state index < -0.39 is 72.2 Å². The van der Waals surface area contributed by atoms with Crippen molar-refractivity contribution in [2.75, 3.05) is 26.3 Å². The molecule has 5 N–H and O–H groups in total. The van der Waals surface area contributed by atoms with Gasteiger partial charge < -0.3 is 40.7 Å². The number of ether oxygens (including phenoxy) is 2. The van der Waals surface area contributed by atoms with Gasteiger partial charge in [-0.25, -0.2) is 4.79 Å². The first-order valence-electron chi connectivity index (χ1n) is 16.6. The van der Waals surface area contributed by atoms with Crippen molar-refractivity contribution in [2.45, 2.75) is 76.2 Å². The van der Waals surface area contributed by atoms with E-state index in [0.717, 1.165) is 5.56 Å². The van der Waals surface area contributed by atoms with Crippen LogP contribution in [0.15, 0.2) is 54.6 Å². The maximum absolute atomic E-state index is 13.7. The van der Waals surface area contributed by atoms with Crippen molar-refractivity contribution in [3.63, 3.8) is 0 Å². The zero-order chi connectivity index (χ0) is 36.2. The molecule has 4 rings (SSSR count). The molecular weight excluding hydrogens is 650 g/mol. The summed E-state index contributed by atoms with van der Waals surface area (Å²) in [4.78, 5) is 91.4. The zero-order valence-electron chi connectivity index (χ0n) is 28.0. The van der Waals surface area contributed by atoms with E-state index in [1.165, 1.54) is 24.0 Å².